The van der Waals surface area contributed by atoms with Gasteiger partial charge in [0.05, 0.1) is 0 Å². The maximum atomic E-state index is 13.7. The quantitative estimate of drug-likeness (QED) is 0.114. The van der Waals surface area contributed by atoms with Crippen molar-refractivity contribution in [1.82, 2.24) is 47.2 Å². The Morgan fingerprint density at radius 2 is 1.42 bits per heavy atom. The first kappa shape index (κ1) is 41.8. The predicted molar refractivity (Wildman–Crippen MR) is 192 cm³/mol. The van der Waals surface area contributed by atoms with Crippen LogP contribution < -0.4 is 26.6 Å². The number of amides is 5. The number of carbonyl (C=O) groups excluding carboxylic acids is 5. The van der Waals surface area contributed by atoms with Gasteiger partial charge in [-0.3, -0.25) is 24.0 Å². The highest BCUT2D eigenvalue weighted by Gasteiger charge is 2.31. The second-order valence-electron chi connectivity index (χ2n) is 13.9. The summed E-state index contributed by atoms with van der Waals surface area (Å²) < 4.78 is 0. The number of nitrogens with one attached hydrogen (secondary N) is 6. The van der Waals surface area contributed by atoms with Crippen molar-refractivity contribution in [1.29, 1.82) is 0 Å². The number of rotatable bonds is 21. The molecule has 0 bridgehead atoms. The van der Waals surface area contributed by atoms with Crippen LogP contribution in [0.4, 0.5) is 0 Å². The minimum Gasteiger partial charge on any atom is -0.355 e. The van der Waals surface area contributed by atoms with E-state index >= 15 is 0 Å². The second-order valence-corrected chi connectivity index (χ2v) is 13.9. The van der Waals surface area contributed by atoms with Crippen molar-refractivity contribution in [3.63, 3.8) is 0 Å². The number of aromatic nitrogens is 4. The van der Waals surface area contributed by atoms with Crippen molar-refractivity contribution in [2.45, 2.75) is 125 Å². The van der Waals surface area contributed by atoms with E-state index < -0.39 is 29.9 Å². The van der Waals surface area contributed by atoms with Crippen molar-refractivity contribution in [3.05, 3.63) is 29.8 Å². The average molecular weight is 698 g/mol. The molecule has 0 saturated heterocycles. The van der Waals surface area contributed by atoms with E-state index in [1.807, 2.05) is 48.5 Å². The summed E-state index contributed by atoms with van der Waals surface area (Å²) in [7, 11) is 0. The first-order chi connectivity index (χ1) is 23.7. The molecule has 6 atom stereocenters. The highest BCUT2D eigenvalue weighted by Crippen LogP contribution is 2.18. The second kappa shape index (κ2) is 21.0. The van der Waals surface area contributed by atoms with E-state index in [0.29, 0.717) is 62.0 Å². The zero-order chi connectivity index (χ0) is 37.4. The van der Waals surface area contributed by atoms with Gasteiger partial charge < -0.3 is 26.6 Å². The molecule has 5 amide bonds. The normalized spacial score (nSPS) is 14.9. The molecular formula is C36H59N9O5. The van der Waals surface area contributed by atoms with E-state index in [0.717, 1.165) is 0 Å². The van der Waals surface area contributed by atoms with Crippen LogP contribution in [0.25, 0.3) is 11.4 Å². The fourth-order valence-electron chi connectivity index (χ4n) is 5.62. The lowest BCUT2D eigenvalue weighted by molar-refractivity contribution is -0.132. The Bertz CT molecular complexity index is 1360. The Hall–Kier alpha value is -4.36. The Morgan fingerprint density at radius 3 is 1.96 bits per heavy atom. The molecule has 1 aromatic heterocycles. The van der Waals surface area contributed by atoms with Gasteiger partial charge in [-0.2, -0.15) is 5.21 Å². The van der Waals surface area contributed by atoms with E-state index in [1.165, 1.54) is 0 Å². The van der Waals surface area contributed by atoms with Crippen LogP contribution >= 0.6 is 0 Å². The topological polar surface area (TPSA) is 200 Å². The molecule has 2 aromatic rings. The van der Waals surface area contributed by atoms with E-state index in [4.69, 9.17) is 0 Å². The number of hydrogen-bond donors (Lipinski definition) is 6. The first-order valence-corrected chi connectivity index (χ1v) is 18.1. The Kier molecular flexibility index (Phi) is 17.6. The standard InChI is InChI=1S/C36H59N9O5/c1-10-13-28(34(48)38-27(20-21(4)5)19-14-24(9)32(46)40-29(22(6)7)35(49)37-12-3)39-36(50)30(23(8)11-2)41-33(47)26-17-15-25(16-18-26)31-42-44-45-43-31/h15-18,21-24,27-30H,10-14,19-20H2,1-9H3,(H,37,49)(H,38,48)(H,39,50)(H,40,46)(H,41,47)(H,42,43,44,45)/t23-,24+,27+,28-,29?,30-/m0/s1. The van der Waals surface area contributed by atoms with E-state index in [-0.39, 0.29) is 47.4 Å². The minimum absolute atomic E-state index is 0.0696. The van der Waals surface area contributed by atoms with Crippen LogP contribution in [-0.4, -0.2) is 80.9 Å². The van der Waals surface area contributed by atoms with E-state index in [2.05, 4.69) is 61.1 Å². The van der Waals surface area contributed by atoms with Gasteiger partial charge in [0, 0.05) is 29.6 Å². The number of hydrogen-bond acceptors (Lipinski definition) is 8. The molecule has 50 heavy (non-hydrogen) atoms. The zero-order valence-electron chi connectivity index (χ0n) is 31.3. The average Bonchev–Trinajstić information content (AvgIpc) is 3.62. The maximum absolute atomic E-state index is 13.7. The molecule has 14 heteroatoms. The molecule has 1 unspecified atom stereocenters. The van der Waals surface area contributed by atoms with Gasteiger partial charge in [0.15, 0.2) is 0 Å². The molecule has 0 aliphatic rings. The van der Waals surface area contributed by atoms with Crippen LogP contribution in [0, 0.1) is 23.7 Å². The summed E-state index contributed by atoms with van der Waals surface area (Å²) in [6.45, 7) is 17.8. The fraction of sp³-hybridized carbons (Fsp3) is 0.667. The molecule has 14 nitrogen and oxygen atoms in total. The summed E-state index contributed by atoms with van der Waals surface area (Å²) in [5, 5.41) is 28.4. The third-order valence-corrected chi connectivity index (χ3v) is 8.84. The van der Waals surface area contributed by atoms with E-state index in [9.17, 15) is 24.0 Å². The number of benzene rings is 1. The summed E-state index contributed by atoms with van der Waals surface area (Å²) in [6.07, 6.45) is 3.45. The number of nitrogens with zero attached hydrogens (tertiary/aromatic N) is 3. The van der Waals surface area contributed by atoms with Crippen LogP contribution in [0.3, 0.4) is 0 Å². The first-order valence-electron chi connectivity index (χ1n) is 18.1. The number of H-pyrrole nitrogens is 1. The Labute approximate surface area is 296 Å². The molecule has 1 aromatic carbocycles. The molecule has 0 fully saturated rings. The number of aromatic amines is 1. The lowest BCUT2D eigenvalue weighted by Crippen LogP contribution is -2.56. The highest BCUT2D eigenvalue weighted by molar-refractivity contribution is 5.98. The van der Waals surface area contributed by atoms with Crippen molar-refractivity contribution in [2.24, 2.45) is 23.7 Å². The summed E-state index contributed by atoms with van der Waals surface area (Å²) >= 11 is 0. The molecule has 0 aliphatic carbocycles. The van der Waals surface area contributed by atoms with Gasteiger partial charge in [0.2, 0.25) is 29.5 Å². The monoisotopic (exact) mass is 697 g/mol. The largest absolute Gasteiger partial charge is 0.355 e. The lowest BCUT2D eigenvalue weighted by Gasteiger charge is -2.28. The van der Waals surface area contributed by atoms with Gasteiger partial charge in [0.25, 0.3) is 5.91 Å². The lowest BCUT2D eigenvalue weighted by atomic mass is 9.94. The third-order valence-electron chi connectivity index (χ3n) is 8.84. The minimum atomic E-state index is -0.864. The van der Waals surface area contributed by atoms with Crippen LogP contribution in [0.5, 0.6) is 0 Å². The molecule has 6 N–H and O–H groups in total. The van der Waals surface area contributed by atoms with E-state index in [1.54, 1.807) is 24.3 Å². The van der Waals surface area contributed by atoms with Crippen molar-refractivity contribution in [3.8, 4) is 11.4 Å². The van der Waals surface area contributed by atoms with Gasteiger partial charge in [-0.25, -0.2) is 0 Å². The number of carbonyl (C=O) groups is 5. The highest BCUT2D eigenvalue weighted by atomic mass is 16.2. The maximum Gasteiger partial charge on any atom is 0.251 e. The summed E-state index contributed by atoms with van der Waals surface area (Å²) in [5.41, 5.74) is 1.05. The van der Waals surface area contributed by atoms with Crippen LogP contribution in [0.1, 0.15) is 111 Å². The molecule has 2 rings (SSSR count). The molecule has 0 spiro atoms. The van der Waals surface area contributed by atoms with Crippen molar-refractivity contribution in [2.75, 3.05) is 6.54 Å². The smallest absolute Gasteiger partial charge is 0.251 e. The molecule has 278 valence electrons. The summed E-state index contributed by atoms with van der Waals surface area (Å²) in [6, 6.07) is 4.15. The van der Waals surface area contributed by atoms with Crippen LogP contribution in [-0.2, 0) is 19.2 Å². The summed E-state index contributed by atoms with van der Waals surface area (Å²) in [5.74, 6) is -1.53. The molecule has 0 aliphatic heterocycles. The number of tetrazole rings is 1. The third kappa shape index (κ3) is 13.2. The van der Waals surface area contributed by atoms with Gasteiger partial charge in [0.1, 0.15) is 18.1 Å². The fourth-order valence-corrected chi connectivity index (χ4v) is 5.62. The van der Waals surface area contributed by atoms with Crippen molar-refractivity contribution >= 4 is 29.5 Å². The van der Waals surface area contributed by atoms with Crippen molar-refractivity contribution < 1.29 is 24.0 Å². The molecule has 0 radical (unpaired) electrons. The van der Waals surface area contributed by atoms with Crippen LogP contribution in [0.15, 0.2) is 24.3 Å². The van der Waals surface area contributed by atoms with Gasteiger partial charge in [-0.15, -0.1) is 10.2 Å². The molecule has 0 saturated carbocycles. The van der Waals surface area contributed by atoms with Gasteiger partial charge >= 0.3 is 0 Å². The van der Waals surface area contributed by atoms with Gasteiger partial charge in [-0.05, 0) is 67.7 Å². The summed E-state index contributed by atoms with van der Waals surface area (Å²) in [4.78, 5) is 66.1. The Morgan fingerprint density at radius 1 is 0.740 bits per heavy atom. The Balaban J connectivity index is 2.10. The SMILES string of the molecule is CCC[C@H](NC(=O)[C@@H](NC(=O)c1ccc(-c2nn[nH]n2)cc1)[C@@H](C)CC)C(=O)N[C@H](CC[C@@H](C)C(=O)NC(C(=O)NCC)C(C)C)CC(C)C. The zero-order valence-corrected chi connectivity index (χ0v) is 31.3. The molecular weight excluding hydrogens is 638 g/mol. The van der Waals surface area contributed by atoms with Gasteiger partial charge in [-0.1, -0.05) is 80.4 Å². The number of likely N-dealkylation sites (N-methyl/N-ethyl adjacent to an activating group) is 1. The van der Waals surface area contributed by atoms with Crippen LogP contribution in [0.2, 0.25) is 0 Å². The predicted octanol–water partition coefficient (Wildman–Crippen LogP) is 3.52. The molecule has 1 heterocycles.